The molecule has 3 N–H and O–H groups in total. The molecule has 0 fully saturated rings. The third kappa shape index (κ3) is 2.63. The number of nitrogens with one attached hydrogen (secondary N) is 1. The number of benzene rings is 1. The van der Waals surface area contributed by atoms with Crippen molar-refractivity contribution in [1.29, 1.82) is 0 Å². The van der Waals surface area contributed by atoms with Crippen LogP contribution in [0.4, 0.5) is 0 Å². The van der Waals surface area contributed by atoms with Crippen molar-refractivity contribution < 1.29 is 14.6 Å². The standard InChI is InChI=1S/C12H16N2O3/c1-8-3-2-4-10-12(8)14-11(17-10)5-13-9(6-15)7-16/h2-4,9,13,15-16H,5-7H2,1H3. The molecule has 1 heterocycles. The molecule has 2 aromatic rings. The second-order valence-corrected chi connectivity index (χ2v) is 3.97. The van der Waals surface area contributed by atoms with Crippen LogP contribution in [0, 0.1) is 6.92 Å². The Hall–Kier alpha value is -1.43. The molecular weight excluding hydrogens is 220 g/mol. The van der Waals surface area contributed by atoms with Crippen molar-refractivity contribution in [2.45, 2.75) is 19.5 Å². The Morgan fingerprint density at radius 1 is 1.35 bits per heavy atom. The number of oxazole rings is 1. The van der Waals surface area contributed by atoms with Crippen LogP contribution in [0.2, 0.25) is 0 Å². The summed E-state index contributed by atoms with van der Waals surface area (Å²) < 4.78 is 5.55. The molecule has 0 radical (unpaired) electrons. The molecule has 0 amide bonds. The van der Waals surface area contributed by atoms with Crippen LogP contribution in [-0.4, -0.2) is 34.5 Å². The van der Waals surface area contributed by atoms with Gasteiger partial charge in [0.1, 0.15) is 5.52 Å². The highest BCUT2D eigenvalue weighted by atomic mass is 16.3. The summed E-state index contributed by atoms with van der Waals surface area (Å²) in [5, 5.41) is 20.8. The van der Waals surface area contributed by atoms with Gasteiger partial charge in [0.25, 0.3) is 0 Å². The molecule has 0 saturated heterocycles. The predicted molar refractivity (Wildman–Crippen MR) is 63.5 cm³/mol. The monoisotopic (exact) mass is 236 g/mol. The lowest BCUT2D eigenvalue weighted by molar-refractivity contribution is 0.168. The number of para-hydroxylation sites is 1. The van der Waals surface area contributed by atoms with Gasteiger partial charge in [0.2, 0.25) is 5.89 Å². The molecule has 2 rings (SSSR count). The quantitative estimate of drug-likeness (QED) is 0.707. The van der Waals surface area contributed by atoms with Crippen LogP contribution >= 0.6 is 0 Å². The van der Waals surface area contributed by atoms with E-state index >= 15 is 0 Å². The zero-order valence-electron chi connectivity index (χ0n) is 9.68. The number of aliphatic hydroxyl groups excluding tert-OH is 2. The third-order valence-corrected chi connectivity index (χ3v) is 2.65. The van der Waals surface area contributed by atoms with Crippen LogP contribution in [0.5, 0.6) is 0 Å². The van der Waals surface area contributed by atoms with Crippen LogP contribution in [0.15, 0.2) is 22.6 Å². The average molecular weight is 236 g/mol. The largest absolute Gasteiger partial charge is 0.439 e. The minimum absolute atomic E-state index is 0.115. The molecule has 0 bridgehead atoms. The number of aromatic nitrogens is 1. The molecule has 92 valence electrons. The fraction of sp³-hybridized carbons (Fsp3) is 0.417. The van der Waals surface area contributed by atoms with Crippen molar-refractivity contribution in [2.75, 3.05) is 13.2 Å². The van der Waals surface area contributed by atoms with Gasteiger partial charge in [0.15, 0.2) is 5.58 Å². The molecule has 17 heavy (non-hydrogen) atoms. The Bertz CT molecular complexity index is 491. The fourth-order valence-electron chi connectivity index (χ4n) is 1.63. The first-order valence-corrected chi connectivity index (χ1v) is 5.54. The maximum Gasteiger partial charge on any atom is 0.209 e. The van der Waals surface area contributed by atoms with Gasteiger partial charge in [-0.25, -0.2) is 4.98 Å². The molecule has 5 nitrogen and oxygen atoms in total. The van der Waals surface area contributed by atoms with Gasteiger partial charge < -0.3 is 19.9 Å². The van der Waals surface area contributed by atoms with Crippen molar-refractivity contribution >= 4 is 11.1 Å². The number of aryl methyl sites for hydroxylation is 1. The van der Waals surface area contributed by atoms with Crippen molar-refractivity contribution in [3.05, 3.63) is 29.7 Å². The summed E-state index contributed by atoms with van der Waals surface area (Å²) in [6.07, 6.45) is 0. The Labute approximate surface area is 99.1 Å². The highest BCUT2D eigenvalue weighted by Gasteiger charge is 2.10. The molecule has 0 aliphatic heterocycles. The third-order valence-electron chi connectivity index (χ3n) is 2.65. The van der Waals surface area contributed by atoms with Gasteiger partial charge in [0.05, 0.1) is 25.8 Å². The molecule has 0 atom stereocenters. The maximum atomic E-state index is 8.91. The first kappa shape index (κ1) is 12.0. The van der Waals surface area contributed by atoms with E-state index in [1.165, 1.54) is 0 Å². The van der Waals surface area contributed by atoms with Gasteiger partial charge in [-0.2, -0.15) is 0 Å². The Balaban J connectivity index is 2.12. The molecule has 0 saturated carbocycles. The zero-order valence-corrected chi connectivity index (χ0v) is 9.68. The van der Waals surface area contributed by atoms with E-state index in [-0.39, 0.29) is 19.3 Å². The highest BCUT2D eigenvalue weighted by molar-refractivity contribution is 5.76. The van der Waals surface area contributed by atoms with E-state index in [0.29, 0.717) is 12.4 Å². The second-order valence-electron chi connectivity index (χ2n) is 3.97. The molecule has 5 heteroatoms. The van der Waals surface area contributed by atoms with Crippen molar-refractivity contribution in [3.63, 3.8) is 0 Å². The molecular formula is C12H16N2O3. The molecule has 0 aliphatic rings. The molecule has 0 spiro atoms. The summed E-state index contributed by atoms with van der Waals surface area (Å²) in [7, 11) is 0. The lowest BCUT2D eigenvalue weighted by Gasteiger charge is -2.10. The van der Waals surface area contributed by atoms with E-state index in [1.54, 1.807) is 0 Å². The van der Waals surface area contributed by atoms with Crippen molar-refractivity contribution in [2.24, 2.45) is 0 Å². The van der Waals surface area contributed by atoms with Gasteiger partial charge >= 0.3 is 0 Å². The van der Waals surface area contributed by atoms with Gasteiger partial charge in [0, 0.05) is 0 Å². The summed E-state index contributed by atoms with van der Waals surface area (Å²) in [4.78, 5) is 4.36. The topological polar surface area (TPSA) is 78.5 Å². The van der Waals surface area contributed by atoms with Crippen molar-refractivity contribution in [1.82, 2.24) is 10.3 Å². The number of fused-ring (bicyclic) bond motifs is 1. The van der Waals surface area contributed by atoms with Crippen LogP contribution in [0.3, 0.4) is 0 Å². The lowest BCUT2D eigenvalue weighted by Crippen LogP contribution is -2.35. The molecule has 1 aromatic carbocycles. The van der Waals surface area contributed by atoms with Gasteiger partial charge in [-0.1, -0.05) is 12.1 Å². The van der Waals surface area contributed by atoms with E-state index in [9.17, 15) is 0 Å². The normalized spacial score (nSPS) is 11.5. The summed E-state index contributed by atoms with van der Waals surface area (Å²) in [6, 6.07) is 5.43. The van der Waals surface area contributed by atoms with Gasteiger partial charge in [-0.3, -0.25) is 0 Å². The Kier molecular flexibility index (Phi) is 3.73. The van der Waals surface area contributed by atoms with Crippen molar-refractivity contribution in [3.8, 4) is 0 Å². The summed E-state index contributed by atoms with van der Waals surface area (Å²) >= 11 is 0. The number of hydrogen-bond donors (Lipinski definition) is 3. The van der Waals surface area contributed by atoms with E-state index in [0.717, 1.165) is 16.7 Å². The Morgan fingerprint density at radius 3 is 2.76 bits per heavy atom. The first-order chi connectivity index (χ1) is 8.24. The minimum Gasteiger partial charge on any atom is -0.439 e. The number of nitrogens with zero attached hydrogens (tertiary/aromatic N) is 1. The second kappa shape index (κ2) is 5.27. The summed E-state index contributed by atoms with van der Waals surface area (Å²) in [6.45, 7) is 2.14. The molecule has 0 aliphatic carbocycles. The zero-order chi connectivity index (χ0) is 12.3. The number of hydrogen-bond acceptors (Lipinski definition) is 5. The van der Waals surface area contributed by atoms with Gasteiger partial charge in [-0.15, -0.1) is 0 Å². The first-order valence-electron chi connectivity index (χ1n) is 5.54. The molecule has 0 unspecified atom stereocenters. The van der Waals surface area contributed by atoms with E-state index in [1.807, 2.05) is 25.1 Å². The number of rotatable bonds is 5. The average Bonchev–Trinajstić information content (AvgIpc) is 2.75. The van der Waals surface area contributed by atoms with E-state index < -0.39 is 0 Å². The SMILES string of the molecule is Cc1cccc2oc(CNC(CO)CO)nc12. The highest BCUT2D eigenvalue weighted by Crippen LogP contribution is 2.18. The van der Waals surface area contributed by atoms with Crippen LogP contribution < -0.4 is 5.32 Å². The minimum atomic E-state index is -0.342. The number of aliphatic hydroxyl groups is 2. The van der Waals surface area contributed by atoms with E-state index in [2.05, 4.69) is 10.3 Å². The van der Waals surface area contributed by atoms with Crippen LogP contribution in [-0.2, 0) is 6.54 Å². The summed E-state index contributed by atoms with van der Waals surface area (Å²) in [5.74, 6) is 0.557. The fourth-order valence-corrected chi connectivity index (χ4v) is 1.63. The van der Waals surface area contributed by atoms with Crippen LogP contribution in [0.25, 0.3) is 11.1 Å². The van der Waals surface area contributed by atoms with Crippen LogP contribution in [0.1, 0.15) is 11.5 Å². The van der Waals surface area contributed by atoms with Gasteiger partial charge in [-0.05, 0) is 18.6 Å². The smallest absolute Gasteiger partial charge is 0.209 e. The lowest BCUT2D eigenvalue weighted by atomic mass is 10.2. The Morgan fingerprint density at radius 2 is 2.12 bits per heavy atom. The predicted octanol–water partition coefficient (Wildman–Crippen LogP) is 0.579. The molecule has 1 aromatic heterocycles. The maximum absolute atomic E-state index is 8.91. The van der Waals surface area contributed by atoms with E-state index in [4.69, 9.17) is 14.6 Å². The summed E-state index contributed by atoms with van der Waals surface area (Å²) in [5.41, 5.74) is 2.68.